The fourth-order valence-electron chi connectivity index (χ4n) is 9.69. The molecular formula is C44H51Cl2Zr. The van der Waals surface area contributed by atoms with Gasteiger partial charge in [-0.3, -0.25) is 0 Å². The van der Waals surface area contributed by atoms with Crippen molar-refractivity contribution >= 4 is 29.2 Å². The summed E-state index contributed by atoms with van der Waals surface area (Å²) in [5, 5.41) is 0. The quantitative estimate of drug-likeness (QED) is 0.191. The van der Waals surface area contributed by atoms with Crippen molar-refractivity contribution in [1.29, 1.82) is 0 Å². The monoisotopic (exact) mass is 739 g/mol. The standard InChI is InChI=1S/2C21H23.C2H5.2ClH.Zr/c2*1-12-10-18-16(5)15(4)17(6)21(19(18)11-12)20-13(2)8-7-9-14(20)3;1-2;;;/h2*7-11H,1-6H3;1H2,2H3;2*1H;/q;;;;;+2/p-2. The molecular weight excluding hydrogens is 691 g/mol. The van der Waals surface area contributed by atoms with Gasteiger partial charge in [-0.15, -0.1) is 0 Å². The van der Waals surface area contributed by atoms with Gasteiger partial charge in [0.15, 0.2) is 0 Å². The number of aryl methyl sites for hydroxylation is 4. The minimum absolute atomic E-state index is 0.0334. The van der Waals surface area contributed by atoms with Gasteiger partial charge < -0.3 is 0 Å². The van der Waals surface area contributed by atoms with Gasteiger partial charge >= 0.3 is 295 Å². The van der Waals surface area contributed by atoms with Crippen molar-refractivity contribution in [1.82, 2.24) is 0 Å². The molecule has 0 aromatic heterocycles. The van der Waals surface area contributed by atoms with E-state index in [9.17, 15) is 0 Å². The Balaban J connectivity index is 1.68. The third-order valence-corrected chi connectivity index (χ3v) is 33.6. The summed E-state index contributed by atoms with van der Waals surface area (Å²) in [7, 11) is 17.2. The van der Waals surface area contributed by atoms with Crippen LogP contribution in [0.15, 0.2) is 47.5 Å². The van der Waals surface area contributed by atoms with Crippen molar-refractivity contribution in [3.8, 4) is 22.3 Å². The minimum atomic E-state index is -4.91. The maximum atomic E-state index is 8.58. The number of allylic oxidation sites excluding steroid dienone is 2. The first-order chi connectivity index (χ1) is 22.0. The summed E-state index contributed by atoms with van der Waals surface area (Å²) >= 11 is -4.91. The van der Waals surface area contributed by atoms with Crippen LogP contribution in [0.1, 0.15) is 106 Å². The Morgan fingerprint density at radius 2 is 0.787 bits per heavy atom. The van der Waals surface area contributed by atoms with Gasteiger partial charge in [-0.2, -0.15) is 0 Å². The molecule has 2 atom stereocenters. The fourth-order valence-corrected chi connectivity index (χ4v) is 28.9. The van der Waals surface area contributed by atoms with Crippen molar-refractivity contribution in [3.05, 3.63) is 125 Å². The second-order valence-electron chi connectivity index (χ2n) is 15.0. The van der Waals surface area contributed by atoms with Crippen LogP contribution in [0, 0.1) is 69.2 Å². The zero-order valence-electron chi connectivity index (χ0n) is 30.7. The number of halogens is 2. The van der Waals surface area contributed by atoms with E-state index >= 15 is 0 Å². The first-order valence-corrected chi connectivity index (χ1v) is 28.2. The van der Waals surface area contributed by atoms with E-state index in [0.717, 1.165) is 4.13 Å². The molecule has 3 heteroatoms. The van der Waals surface area contributed by atoms with E-state index in [-0.39, 0.29) is 7.25 Å². The molecule has 0 heterocycles. The van der Waals surface area contributed by atoms with Crippen LogP contribution < -0.4 is 0 Å². The number of benzene rings is 4. The summed E-state index contributed by atoms with van der Waals surface area (Å²) in [5.74, 6) is 0. The zero-order valence-corrected chi connectivity index (χ0v) is 34.7. The van der Waals surface area contributed by atoms with Crippen LogP contribution in [-0.4, -0.2) is 0 Å². The summed E-state index contributed by atoms with van der Waals surface area (Å²) in [4.78, 5) is 0. The SMILES string of the molecule is C[CH2][Zr]([Cl])([Cl])([CH]1C(C)=Cc2c(-c3c(C)cccc3C)c(C)c(C)c(C)c21)[CH]1C(C)=Cc2c(-c3c(C)cccc3C)c(C)c(C)c(C)c21. The van der Waals surface area contributed by atoms with Gasteiger partial charge in [0.05, 0.1) is 0 Å². The van der Waals surface area contributed by atoms with Crippen LogP contribution in [0.25, 0.3) is 34.4 Å². The van der Waals surface area contributed by atoms with Crippen LogP contribution in [-0.2, 0) is 16.4 Å². The molecule has 0 bridgehead atoms. The average molecular weight is 742 g/mol. The molecule has 6 rings (SSSR count). The van der Waals surface area contributed by atoms with Crippen molar-refractivity contribution in [2.75, 3.05) is 0 Å². The molecule has 0 saturated carbocycles. The molecule has 2 unspecified atom stereocenters. The molecule has 0 fully saturated rings. The van der Waals surface area contributed by atoms with E-state index in [4.69, 9.17) is 17.0 Å². The Labute approximate surface area is 292 Å². The molecule has 4 aromatic carbocycles. The first kappa shape index (κ1) is 34.7. The van der Waals surface area contributed by atoms with Crippen LogP contribution >= 0.6 is 17.0 Å². The number of hydrogen-bond acceptors (Lipinski definition) is 0. The zero-order chi connectivity index (χ0) is 34.5. The summed E-state index contributed by atoms with van der Waals surface area (Å²) < 4.78 is 0.878. The Bertz CT molecular complexity index is 1900. The number of rotatable bonds is 5. The predicted molar refractivity (Wildman–Crippen MR) is 206 cm³/mol. The topological polar surface area (TPSA) is 0 Å². The van der Waals surface area contributed by atoms with E-state index < -0.39 is 16.4 Å². The molecule has 0 saturated heterocycles. The predicted octanol–water partition coefficient (Wildman–Crippen LogP) is 14.2. The Kier molecular flexibility index (Phi) is 8.64. The molecule has 0 spiro atoms. The molecule has 0 radical (unpaired) electrons. The normalized spacial score (nSPS) is 18.1. The maximum absolute atomic E-state index is 8.58. The van der Waals surface area contributed by atoms with Gasteiger partial charge in [0.25, 0.3) is 0 Å². The van der Waals surface area contributed by atoms with Crippen LogP contribution in [0.4, 0.5) is 0 Å². The summed E-state index contributed by atoms with van der Waals surface area (Å²) in [6, 6.07) is 13.3. The molecule has 245 valence electrons. The van der Waals surface area contributed by atoms with Crippen molar-refractivity contribution in [3.63, 3.8) is 0 Å². The molecule has 0 aliphatic heterocycles. The molecule has 0 nitrogen and oxygen atoms in total. The van der Waals surface area contributed by atoms with Crippen molar-refractivity contribution < 1.29 is 16.4 Å². The van der Waals surface area contributed by atoms with E-state index in [2.05, 4.69) is 139 Å². The Morgan fingerprint density at radius 3 is 1.09 bits per heavy atom. The summed E-state index contributed by atoms with van der Waals surface area (Å²) in [6.07, 6.45) is 4.91. The second-order valence-corrected chi connectivity index (χ2v) is 38.0. The van der Waals surface area contributed by atoms with Gasteiger partial charge in [0, 0.05) is 0 Å². The van der Waals surface area contributed by atoms with Gasteiger partial charge in [0.2, 0.25) is 0 Å². The molecule has 0 amide bonds. The van der Waals surface area contributed by atoms with Gasteiger partial charge in [0.1, 0.15) is 0 Å². The molecule has 0 N–H and O–H groups in total. The molecule has 47 heavy (non-hydrogen) atoms. The van der Waals surface area contributed by atoms with E-state index in [0.29, 0.717) is 0 Å². The third-order valence-electron chi connectivity index (χ3n) is 12.5. The first-order valence-electron chi connectivity index (χ1n) is 17.3. The van der Waals surface area contributed by atoms with Gasteiger partial charge in [-0.25, -0.2) is 0 Å². The summed E-state index contributed by atoms with van der Waals surface area (Å²) in [6.45, 7) is 29.7. The Morgan fingerprint density at radius 1 is 0.468 bits per heavy atom. The molecule has 2 aliphatic rings. The van der Waals surface area contributed by atoms with Gasteiger partial charge in [-0.1, -0.05) is 0 Å². The average Bonchev–Trinajstić information content (AvgIpc) is 3.56. The van der Waals surface area contributed by atoms with Crippen LogP contribution in [0.5, 0.6) is 0 Å². The fraction of sp³-hybridized carbons (Fsp3) is 0.364. The second kappa shape index (κ2) is 11.7. The number of hydrogen-bond donors (Lipinski definition) is 0. The van der Waals surface area contributed by atoms with Crippen molar-refractivity contribution in [2.24, 2.45) is 0 Å². The van der Waals surface area contributed by atoms with Gasteiger partial charge in [-0.05, 0) is 0 Å². The Hall–Kier alpha value is -2.18. The van der Waals surface area contributed by atoms with E-state index in [1.165, 1.54) is 111 Å². The molecule has 2 aliphatic carbocycles. The summed E-state index contributed by atoms with van der Waals surface area (Å²) in [5.41, 5.74) is 27.0. The van der Waals surface area contributed by atoms with E-state index in [1.807, 2.05) is 0 Å². The number of fused-ring (bicyclic) bond motifs is 2. The third kappa shape index (κ3) is 4.84. The van der Waals surface area contributed by atoms with Crippen LogP contribution in [0.2, 0.25) is 4.13 Å². The van der Waals surface area contributed by atoms with Crippen molar-refractivity contribution in [2.45, 2.75) is 101 Å². The van der Waals surface area contributed by atoms with Crippen LogP contribution in [0.3, 0.4) is 0 Å². The van der Waals surface area contributed by atoms with E-state index in [1.54, 1.807) is 0 Å². The molecule has 4 aromatic rings.